The number of sulfonamides is 1. The minimum absolute atomic E-state index is 0.188. The highest BCUT2D eigenvalue weighted by molar-refractivity contribution is 14.1. The van der Waals surface area contributed by atoms with E-state index in [1.165, 1.54) is 0 Å². The average molecular weight is 406 g/mol. The van der Waals surface area contributed by atoms with Crippen molar-refractivity contribution in [1.82, 2.24) is 14.8 Å². The molecule has 20 heavy (non-hydrogen) atoms. The van der Waals surface area contributed by atoms with Crippen LogP contribution in [0.5, 0.6) is 0 Å². The van der Waals surface area contributed by atoms with E-state index in [2.05, 4.69) is 32.8 Å². The molecule has 2 N–H and O–H groups in total. The number of nitrogens with two attached hydrogens (primary N) is 1. The minimum Gasteiger partial charge on any atom is -0.297 e. The Kier molecular flexibility index (Phi) is 4.45. The van der Waals surface area contributed by atoms with Gasteiger partial charge in [-0.3, -0.25) is 4.57 Å². The third-order valence-corrected chi connectivity index (χ3v) is 5.09. The summed E-state index contributed by atoms with van der Waals surface area (Å²) in [5.74, 6) is 0.531. The predicted octanol–water partition coefficient (Wildman–Crippen LogP) is 1.92. The van der Waals surface area contributed by atoms with Crippen molar-refractivity contribution in [3.63, 3.8) is 0 Å². The summed E-state index contributed by atoms with van der Waals surface area (Å²) in [4.78, 5) is 0. The topological polar surface area (TPSA) is 90.9 Å². The van der Waals surface area contributed by atoms with E-state index in [1.807, 2.05) is 32.0 Å². The molecule has 0 unspecified atom stereocenters. The third kappa shape index (κ3) is 2.86. The Balaban J connectivity index is 2.69. The van der Waals surface area contributed by atoms with Crippen molar-refractivity contribution >= 4 is 32.6 Å². The van der Waals surface area contributed by atoms with Crippen LogP contribution in [0.3, 0.4) is 0 Å². The van der Waals surface area contributed by atoms with Crippen LogP contribution >= 0.6 is 22.6 Å². The van der Waals surface area contributed by atoms with Gasteiger partial charge in [0.1, 0.15) is 0 Å². The molecule has 2 rings (SSSR count). The second-order valence-electron chi connectivity index (χ2n) is 4.44. The molecule has 0 radical (unpaired) electrons. The molecule has 0 aliphatic rings. The number of rotatable bonds is 4. The highest BCUT2D eigenvalue weighted by Gasteiger charge is 2.22. The minimum atomic E-state index is -3.88. The van der Waals surface area contributed by atoms with Gasteiger partial charge in [-0.2, -0.15) is 0 Å². The van der Waals surface area contributed by atoms with Gasteiger partial charge in [-0.25, -0.2) is 13.6 Å². The number of halogens is 1. The number of hydrogen-bond donors (Lipinski definition) is 1. The lowest BCUT2D eigenvalue weighted by Gasteiger charge is -2.10. The standard InChI is InChI=1S/C12H15IN4O2S/c1-3-7-17-11(15-16-12(17)20(14,18)19)9-6-4-5-8(2)10(9)13/h4-6H,3,7H2,1-2H3,(H2,14,18,19). The Morgan fingerprint density at radius 1 is 1.35 bits per heavy atom. The number of benzene rings is 1. The van der Waals surface area contributed by atoms with Gasteiger partial charge in [-0.15, -0.1) is 10.2 Å². The summed E-state index contributed by atoms with van der Waals surface area (Å²) >= 11 is 2.22. The summed E-state index contributed by atoms with van der Waals surface area (Å²) in [5, 5.41) is 12.8. The molecule has 0 aliphatic carbocycles. The van der Waals surface area contributed by atoms with Crippen LogP contribution in [0, 0.1) is 10.5 Å². The van der Waals surface area contributed by atoms with Crippen LogP contribution in [-0.4, -0.2) is 23.2 Å². The first-order valence-electron chi connectivity index (χ1n) is 6.07. The van der Waals surface area contributed by atoms with E-state index in [0.717, 1.165) is 21.1 Å². The van der Waals surface area contributed by atoms with Crippen molar-refractivity contribution in [1.29, 1.82) is 0 Å². The Morgan fingerprint density at radius 3 is 2.65 bits per heavy atom. The van der Waals surface area contributed by atoms with Crippen LogP contribution in [0.15, 0.2) is 23.4 Å². The van der Waals surface area contributed by atoms with Crippen LogP contribution in [0.25, 0.3) is 11.4 Å². The Morgan fingerprint density at radius 2 is 2.05 bits per heavy atom. The molecule has 0 atom stereocenters. The maximum atomic E-state index is 11.6. The molecule has 0 spiro atoms. The molecule has 1 aromatic heterocycles. The van der Waals surface area contributed by atoms with Crippen molar-refractivity contribution in [2.24, 2.45) is 5.14 Å². The highest BCUT2D eigenvalue weighted by Crippen LogP contribution is 2.27. The fraction of sp³-hybridized carbons (Fsp3) is 0.333. The quantitative estimate of drug-likeness (QED) is 0.786. The number of primary sulfonamides is 1. The normalized spacial score (nSPS) is 11.8. The largest absolute Gasteiger partial charge is 0.297 e. The van der Waals surface area contributed by atoms with Crippen molar-refractivity contribution in [2.45, 2.75) is 32.0 Å². The Bertz CT molecular complexity index is 740. The zero-order chi connectivity index (χ0) is 14.9. The van der Waals surface area contributed by atoms with Gasteiger partial charge in [0.25, 0.3) is 15.2 Å². The van der Waals surface area contributed by atoms with Crippen LogP contribution in [0.1, 0.15) is 18.9 Å². The molecule has 0 aliphatic heterocycles. The van der Waals surface area contributed by atoms with Crippen molar-refractivity contribution in [3.8, 4) is 11.4 Å². The van der Waals surface area contributed by atoms with Crippen LogP contribution in [0.4, 0.5) is 0 Å². The summed E-state index contributed by atoms with van der Waals surface area (Å²) in [7, 11) is -3.88. The third-order valence-electron chi connectivity index (χ3n) is 2.85. The van der Waals surface area contributed by atoms with Crippen LogP contribution in [0.2, 0.25) is 0 Å². The first-order chi connectivity index (χ1) is 9.36. The van der Waals surface area contributed by atoms with E-state index in [9.17, 15) is 8.42 Å². The summed E-state index contributed by atoms with van der Waals surface area (Å²) in [6.45, 7) is 4.45. The summed E-state index contributed by atoms with van der Waals surface area (Å²) < 4.78 is 25.7. The van der Waals surface area contributed by atoms with Gasteiger partial charge in [0.2, 0.25) is 0 Å². The zero-order valence-corrected chi connectivity index (χ0v) is 14.1. The van der Waals surface area contributed by atoms with E-state index < -0.39 is 10.0 Å². The monoisotopic (exact) mass is 406 g/mol. The summed E-state index contributed by atoms with van der Waals surface area (Å²) in [5.41, 5.74) is 1.97. The molecule has 6 nitrogen and oxygen atoms in total. The Labute approximate surface area is 131 Å². The van der Waals surface area contributed by atoms with E-state index >= 15 is 0 Å². The van der Waals surface area contributed by atoms with Gasteiger partial charge in [0.05, 0.1) is 0 Å². The van der Waals surface area contributed by atoms with Gasteiger partial charge < -0.3 is 0 Å². The lowest BCUT2D eigenvalue weighted by atomic mass is 10.1. The molecule has 108 valence electrons. The Hall–Kier alpha value is -1.00. The predicted molar refractivity (Wildman–Crippen MR) is 84.6 cm³/mol. The van der Waals surface area contributed by atoms with Crippen LogP contribution in [-0.2, 0) is 16.6 Å². The fourth-order valence-corrected chi connectivity index (χ4v) is 3.18. The number of nitrogens with zero attached hydrogens (tertiary/aromatic N) is 3. The van der Waals surface area contributed by atoms with E-state index in [-0.39, 0.29) is 5.16 Å². The molecule has 0 saturated carbocycles. The molecule has 2 aromatic rings. The maximum absolute atomic E-state index is 11.6. The van der Waals surface area contributed by atoms with Crippen molar-refractivity contribution in [2.75, 3.05) is 0 Å². The second kappa shape index (κ2) is 5.78. The van der Waals surface area contributed by atoms with Gasteiger partial charge in [-0.05, 0) is 41.5 Å². The van der Waals surface area contributed by atoms with Crippen LogP contribution < -0.4 is 5.14 Å². The molecule has 8 heteroatoms. The van der Waals surface area contributed by atoms with E-state index in [0.29, 0.717) is 12.4 Å². The molecule has 0 saturated heterocycles. The maximum Gasteiger partial charge on any atom is 0.273 e. The molecular formula is C12H15IN4O2S. The number of aryl methyl sites for hydroxylation is 1. The van der Waals surface area contributed by atoms with E-state index in [1.54, 1.807) is 4.57 Å². The molecule has 0 bridgehead atoms. The second-order valence-corrected chi connectivity index (χ2v) is 6.97. The van der Waals surface area contributed by atoms with Crippen molar-refractivity contribution < 1.29 is 8.42 Å². The SMILES string of the molecule is CCCn1c(-c2cccc(C)c2I)nnc1S(N)(=O)=O. The summed E-state index contributed by atoms with van der Waals surface area (Å²) in [6.07, 6.45) is 0.760. The fourth-order valence-electron chi connectivity index (χ4n) is 1.94. The highest BCUT2D eigenvalue weighted by atomic mass is 127. The van der Waals surface area contributed by atoms with Gasteiger partial charge >= 0.3 is 0 Å². The first-order valence-corrected chi connectivity index (χ1v) is 8.70. The first kappa shape index (κ1) is 15.4. The zero-order valence-electron chi connectivity index (χ0n) is 11.2. The molecule has 1 aromatic carbocycles. The average Bonchev–Trinajstić information content (AvgIpc) is 2.77. The smallest absolute Gasteiger partial charge is 0.273 e. The summed E-state index contributed by atoms with van der Waals surface area (Å²) in [6, 6.07) is 5.80. The van der Waals surface area contributed by atoms with Crippen molar-refractivity contribution in [3.05, 3.63) is 27.3 Å². The molecular weight excluding hydrogens is 391 g/mol. The molecule has 0 fully saturated rings. The van der Waals surface area contributed by atoms with Gasteiger partial charge in [0.15, 0.2) is 5.82 Å². The lowest BCUT2D eigenvalue weighted by Crippen LogP contribution is -2.19. The molecule has 0 amide bonds. The number of hydrogen-bond acceptors (Lipinski definition) is 4. The van der Waals surface area contributed by atoms with Gasteiger partial charge in [-0.1, -0.05) is 25.1 Å². The number of aromatic nitrogens is 3. The lowest BCUT2D eigenvalue weighted by molar-refractivity contribution is 0.559. The molecule has 1 heterocycles. The van der Waals surface area contributed by atoms with E-state index in [4.69, 9.17) is 5.14 Å². The van der Waals surface area contributed by atoms with Gasteiger partial charge in [0, 0.05) is 15.7 Å².